The van der Waals surface area contributed by atoms with Gasteiger partial charge < -0.3 is 10.1 Å². The Labute approximate surface area is 178 Å². The second-order valence-corrected chi connectivity index (χ2v) is 9.09. The summed E-state index contributed by atoms with van der Waals surface area (Å²) in [4.78, 5) is 24.2. The Balaban J connectivity index is 1.62. The molecule has 10 heteroatoms. The summed E-state index contributed by atoms with van der Waals surface area (Å²) < 4.78 is 45.0. The summed E-state index contributed by atoms with van der Waals surface area (Å²) in [7, 11) is -3.69. The molecule has 30 heavy (non-hydrogen) atoms. The maximum Gasteiger partial charge on any atom is 0.338 e. The van der Waals surface area contributed by atoms with Crippen molar-refractivity contribution in [2.45, 2.75) is 24.2 Å². The van der Waals surface area contributed by atoms with E-state index in [1.807, 2.05) is 0 Å². The van der Waals surface area contributed by atoms with E-state index in [0.29, 0.717) is 13.1 Å². The first-order chi connectivity index (χ1) is 14.3. The number of halogens is 2. The van der Waals surface area contributed by atoms with Crippen LogP contribution in [0.15, 0.2) is 47.4 Å². The lowest BCUT2D eigenvalue weighted by atomic mass is 10.2. The van der Waals surface area contributed by atoms with Crippen LogP contribution in [-0.2, 0) is 19.6 Å². The molecule has 1 amide bonds. The molecule has 1 fully saturated rings. The van der Waals surface area contributed by atoms with Crippen LogP contribution in [0.25, 0.3) is 0 Å². The molecule has 0 saturated carbocycles. The number of nitrogens with one attached hydrogen (secondary N) is 1. The molecule has 1 aliphatic heterocycles. The third-order valence-electron chi connectivity index (χ3n) is 4.56. The molecule has 0 aliphatic carbocycles. The zero-order valence-electron chi connectivity index (χ0n) is 15.9. The van der Waals surface area contributed by atoms with E-state index in [1.165, 1.54) is 40.7 Å². The Kier molecular flexibility index (Phi) is 7.06. The van der Waals surface area contributed by atoms with Crippen molar-refractivity contribution >= 4 is 39.2 Å². The highest BCUT2D eigenvalue weighted by Crippen LogP contribution is 2.22. The van der Waals surface area contributed by atoms with Gasteiger partial charge in [-0.2, -0.15) is 4.31 Å². The van der Waals surface area contributed by atoms with E-state index in [4.69, 9.17) is 16.3 Å². The highest BCUT2D eigenvalue weighted by Gasteiger charge is 2.26. The predicted octanol–water partition coefficient (Wildman–Crippen LogP) is 3.45. The molecule has 0 unspecified atom stereocenters. The molecule has 0 spiro atoms. The number of piperidine rings is 1. The van der Waals surface area contributed by atoms with Crippen molar-refractivity contribution in [1.82, 2.24) is 4.31 Å². The fourth-order valence-corrected chi connectivity index (χ4v) is 4.77. The van der Waals surface area contributed by atoms with Gasteiger partial charge in [0.2, 0.25) is 10.0 Å². The van der Waals surface area contributed by atoms with Crippen molar-refractivity contribution in [3.63, 3.8) is 0 Å². The van der Waals surface area contributed by atoms with E-state index < -0.39 is 34.3 Å². The molecule has 2 aromatic carbocycles. The van der Waals surface area contributed by atoms with Crippen molar-refractivity contribution in [1.29, 1.82) is 0 Å². The molecule has 1 aliphatic rings. The highest BCUT2D eigenvalue weighted by atomic mass is 35.5. The molecule has 0 aromatic heterocycles. The molecular weight excluding hydrogens is 435 g/mol. The maximum absolute atomic E-state index is 13.2. The van der Waals surface area contributed by atoms with Crippen molar-refractivity contribution in [3.05, 3.63) is 58.9 Å². The Morgan fingerprint density at radius 1 is 1.10 bits per heavy atom. The number of carbonyl (C=O) groups is 2. The predicted molar refractivity (Wildman–Crippen MR) is 109 cm³/mol. The summed E-state index contributed by atoms with van der Waals surface area (Å²) in [5, 5.41) is 2.27. The van der Waals surface area contributed by atoms with Gasteiger partial charge in [-0.1, -0.05) is 24.1 Å². The highest BCUT2D eigenvalue weighted by molar-refractivity contribution is 7.89. The largest absolute Gasteiger partial charge is 0.452 e. The van der Waals surface area contributed by atoms with Gasteiger partial charge in [0.05, 0.1) is 15.5 Å². The summed E-state index contributed by atoms with van der Waals surface area (Å²) in [6.07, 6.45) is 2.59. The summed E-state index contributed by atoms with van der Waals surface area (Å²) in [5.74, 6) is -2.11. The molecule has 0 bridgehead atoms. The first-order valence-electron chi connectivity index (χ1n) is 9.29. The molecule has 3 rings (SSSR count). The van der Waals surface area contributed by atoms with Gasteiger partial charge in [0.1, 0.15) is 5.82 Å². The van der Waals surface area contributed by atoms with Gasteiger partial charge in [-0.25, -0.2) is 17.6 Å². The van der Waals surface area contributed by atoms with Gasteiger partial charge in [-0.15, -0.1) is 0 Å². The smallest absolute Gasteiger partial charge is 0.338 e. The minimum absolute atomic E-state index is 0.00394. The van der Waals surface area contributed by atoms with Gasteiger partial charge in [-0.3, -0.25) is 4.79 Å². The van der Waals surface area contributed by atoms with E-state index >= 15 is 0 Å². The Morgan fingerprint density at radius 2 is 1.83 bits per heavy atom. The lowest BCUT2D eigenvalue weighted by Gasteiger charge is -2.25. The quantitative estimate of drug-likeness (QED) is 0.675. The van der Waals surface area contributed by atoms with Crippen molar-refractivity contribution < 1.29 is 27.1 Å². The number of rotatable bonds is 6. The second-order valence-electron chi connectivity index (χ2n) is 6.75. The maximum atomic E-state index is 13.2. The number of benzene rings is 2. The topological polar surface area (TPSA) is 92.8 Å². The number of esters is 1. The van der Waals surface area contributed by atoms with E-state index in [1.54, 1.807) is 0 Å². The molecule has 7 nitrogen and oxygen atoms in total. The Morgan fingerprint density at radius 3 is 2.53 bits per heavy atom. The average Bonchev–Trinajstić information content (AvgIpc) is 2.75. The minimum atomic E-state index is -3.69. The van der Waals surface area contributed by atoms with Gasteiger partial charge in [0.25, 0.3) is 5.91 Å². The Hall–Kier alpha value is -2.49. The fraction of sp³-hybridized carbons (Fsp3) is 0.300. The van der Waals surface area contributed by atoms with Crippen LogP contribution < -0.4 is 5.32 Å². The van der Waals surface area contributed by atoms with Crippen LogP contribution in [0.5, 0.6) is 0 Å². The molecule has 1 saturated heterocycles. The van der Waals surface area contributed by atoms with Gasteiger partial charge in [-0.05, 0) is 49.2 Å². The first kappa shape index (κ1) is 22.2. The van der Waals surface area contributed by atoms with Crippen molar-refractivity contribution in [3.8, 4) is 0 Å². The van der Waals surface area contributed by atoms with Gasteiger partial charge in [0, 0.05) is 18.8 Å². The molecule has 1 heterocycles. The minimum Gasteiger partial charge on any atom is -0.452 e. The molecule has 0 atom stereocenters. The summed E-state index contributed by atoms with van der Waals surface area (Å²) >= 11 is 5.65. The number of nitrogens with zero attached hydrogens (tertiary/aromatic N) is 1. The lowest BCUT2D eigenvalue weighted by molar-refractivity contribution is -0.119. The van der Waals surface area contributed by atoms with E-state index in [2.05, 4.69) is 5.32 Å². The van der Waals surface area contributed by atoms with Gasteiger partial charge >= 0.3 is 5.97 Å². The van der Waals surface area contributed by atoms with Crippen LogP contribution in [0.4, 0.5) is 10.1 Å². The van der Waals surface area contributed by atoms with Crippen molar-refractivity contribution in [2.75, 3.05) is 25.0 Å². The summed E-state index contributed by atoms with van der Waals surface area (Å²) in [6, 6.07) is 9.17. The van der Waals surface area contributed by atoms with E-state index in [-0.39, 0.29) is 21.2 Å². The molecule has 160 valence electrons. The van der Waals surface area contributed by atoms with Crippen molar-refractivity contribution in [2.24, 2.45) is 0 Å². The van der Waals surface area contributed by atoms with Crippen LogP contribution in [0.2, 0.25) is 5.02 Å². The van der Waals surface area contributed by atoms with Crippen LogP contribution in [0.3, 0.4) is 0 Å². The molecule has 2 aromatic rings. The number of ether oxygens (including phenoxy) is 1. The Bertz CT molecular complexity index is 1050. The first-order valence-corrected chi connectivity index (χ1v) is 11.1. The standard InChI is InChI=1S/C20H20ClFN2O5S/c21-17-12-15(7-8-18(17)22)23-19(25)13-29-20(26)14-5-4-6-16(11-14)30(27,28)24-9-2-1-3-10-24/h4-8,11-12H,1-3,9-10,13H2,(H,23,25). The second kappa shape index (κ2) is 9.55. The average molecular weight is 455 g/mol. The van der Waals surface area contributed by atoms with E-state index in [0.717, 1.165) is 25.3 Å². The van der Waals surface area contributed by atoms with E-state index in [9.17, 15) is 22.4 Å². The van der Waals surface area contributed by atoms with Gasteiger partial charge in [0.15, 0.2) is 6.61 Å². The number of amides is 1. The van der Waals surface area contributed by atoms with Crippen LogP contribution in [0, 0.1) is 5.82 Å². The summed E-state index contributed by atoms with van der Waals surface area (Å²) in [6.45, 7) is 0.298. The number of hydrogen-bond donors (Lipinski definition) is 1. The molecule has 0 radical (unpaired) electrons. The number of anilines is 1. The van der Waals surface area contributed by atoms with Crippen LogP contribution in [-0.4, -0.2) is 44.3 Å². The monoisotopic (exact) mass is 454 g/mol. The SMILES string of the molecule is O=C(COC(=O)c1cccc(S(=O)(=O)N2CCCCC2)c1)Nc1ccc(F)c(Cl)c1. The van der Waals surface area contributed by atoms with Crippen LogP contribution in [0.1, 0.15) is 29.6 Å². The third-order valence-corrected chi connectivity index (χ3v) is 6.74. The van der Waals surface area contributed by atoms with Crippen LogP contribution >= 0.6 is 11.6 Å². The molecule has 1 N–H and O–H groups in total. The molecular formula is C20H20ClFN2O5S. The number of hydrogen-bond acceptors (Lipinski definition) is 5. The number of carbonyl (C=O) groups excluding carboxylic acids is 2. The zero-order valence-corrected chi connectivity index (χ0v) is 17.5. The normalized spacial score (nSPS) is 14.9. The number of sulfonamides is 1. The zero-order chi connectivity index (χ0) is 21.7. The lowest BCUT2D eigenvalue weighted by Crippen LogP contribution is -2.35. The third kappa shape index (κ3) is 5.35. The fourth-order valence-electron chi connectivity index (χ4n) is 3.02. The summed E-state index contributed by atoms with van der Waals surface area (Å²) in [5.41, 5.74) is 0.266.